The highest BCUT2D eigenvalue weighted by atomic mass is 32.2. The van der Waals surface area contributed by atoms with Gasteiger partial charge in [0.1, 0.15) is 6.04 Å². The van der Waals surface area contributed by atoms with Crippen molar-refractivity contribution >= 4 is 27.7 Å². The molecule has 0 aliphatic carbocycles. The number of rotatable bonds is 7. The van der Waals surface area contributed by atoms with Crippen LogP contribution >= 0.6 is 0 Å². The summed E-state index contributed by atoms with van der Waals surface area (Å²) in [6, 6.07) is -1.93. The largest absolute Gasteiger partial charge is 0.480 e. The van der Waals surface area contributed by atoms with Crippen LogP contribution < -0.4 is 16.4 Å². The molecule has 1 heterocycles. The van der Waals surface area contributed by atoms with Gasteiger partial charge in [0.2, 0.25) is 5.91 Å². The number of carboxylic acid groups (broad SMARTS) is 1. The van der Waals surface area contributed by atoms with Gasteiger partial charge >= 0.3 is 12.0 Å². The number of primary amides is 1. The van der Waals surface area contributed by atoms with Crippen LogP contribution in [-0.4, -0.2) is 55.5 Å². The van der Waals surface area contributed by atoms with Gasteiger partial charge in [0.15, 0.2) is 9.84 Å². The molecular formula is C11H19N3O6S. The third-order valence-corrected chi connectivity index (χ3v) is 5.00. The van der Waals surface area contributed by atoms with E-state index in [9.17, 15) is 22.8 Å². The van der Waals surface area contributed by atoms with Crippen LogP contribution in [0.2, 0.25) is 0 Å². The Labute approximate surface area is 122 Å². The van der Waals surface area contributed by atoms with Crippen molar-refractivity contribution in [2.45, 2.75) is 25.3 Å². The van der Waals surface area contributed by atoms with E-state index >= 15 is 0 Å². The van der Waals surface area contributed by atoms with E-state index in [1.54, 1.807) is 0 Å². The first-order valence-electron chi connectivity index (χ1n) is 6.45. The van der Waals surface area contributed by atoms with Crippen LogP contribution in [0.3, 0.4) is 0 Å². The van der Waals surface area contributed by atoms with Crippen molar-refractivity contribution in [3.05, 3.63) is 0 Å². The fraction of sp³-hybridized carbons (Fsp3) is 0.727. The van der Waals surface area contributed by atoms with E-state index in [0.717, 1.165) is 0 Å². The van der Waals surface area contributed by atoms with Gasteiger partial charge in [-0.1, -0.05) is 0 Å². The zero-order valence-corrected chi connectivity index (χ0v) is 12.2. The number of amides is 3. The first kappa shape index (κ1) is 17.2. The van der Waals surface area contributed by atoms with E-state index < -0.39 is 33.8 Å². The van der Waals surface area contributed by atoms with Crippen LogP contribution in [0.1, 0.15) is 19.3 Å². The van der Waals surface area contributed by atoms with Crippen molar-refractivity contribution in [3.8, 4) is 0 Å². The second-order valence-corrected chi connectivity index (χ2v) is 7.25. The predicted molar refractivity (Wildman–Crippen MR) is 73.1 cm³/mol. The molecule has 5 N–H and O–H groups in total. The van der Waals surface area contributed by atoms with Crippen molar-refractivity contribution in [3.63, 3.8) is 0 Å². The second kappa shape index (κ2) is 7.25. The Morgan fingerprint density at radius 1 is 1.33 bits per heavy atom. The molecule has 1 aliphatic rings. The zero-order valence-electron chi connectivity index (χ0n) is 11.4. The lowest BCUT2D eigenvalue weighted by Gasteiger charge is -2.15. The number of aliphatic carboxylic acids is 1. The molecule has 0 radical (unpaired) electrons. The Bertz CT molecular complexity index is 518. The normalized spacial score (nSPS) is 21.4. The van der Waals surface area contributed by atoms with Gasteiger partial charge in [0.25, 0.3) is 0 Å². The van der Waals surface area contributed by atoms with E-state index in [-0.39, 0.29) is 36.8 Å². The van der Waals surface area contributed by atoms with Crippen LogP contribution in [0.5, 0.6) is 0 Å². The van der Waals surface area contributed by atoms with E-state index in [2.05, 4.69) is 10.6 Å². The summed E-state index contributed by atoms with van der Waals surface area (Å²) in [6.07, 6.45) is 0.223. The molecule has 1 rings (SSSR count). The lowest BCUT2D eigenvalue weighted by atomic mass is 10.1. The Kier molecular flexibility index (Phi) is 5.94. The molecule has 0 aromatic rings. The van der Waals surface area contributed by atoms with Crippen LogP contribution in [0.4, 0.5) is 4.79 Å². The molecule has 3 amide bonds. The summed E-state index contributed by atoms with van der Waals surface area (Å²) >= 11 is 0. The molecule has 0 aromatic carbocycles. The SMILES string of the molecule is NC(=O)CCC(NC(=O)NCC1CCS(=O)(=O)C1)C(=O)O. The minimum absolute atomic E-state index is 0.0251. The Balaban J connectivity index is 2.37. The molecular weight excluding hydrogens is 302 g/mol. The highest BCUT2D eigenvalue weighted by Gasteiger charge is 2.28. The number of nitrogens with two attached hydrogens (primary N) is 1. The van der Waals surface area contributed by atoms with Crippen LogP contribution in [0, 0.1) is 5.92 Å². The maximum absolute atomic E-state index is 11.6. The van der Waals surface area contributed by atoms with Gasteiger partial charge in [0.05, 0.1) is 11.5 Å². The molecule has 1 saturated heterocycles. The average molecular weight is 321 g/mol. The number of hydrogen-bond donors (Lipinski definition) is 4. The highest BCUT2D eigenvalue weighted by Crippen LogP contribution is 2.17. The third-order valence-electron chi connectivity index (χ3n) is 3.16. The van der Waals surface area contributed by atoms with Crippen molar-refractivity contribution in [2.24, 2.45) is 11.7 Å². The van der Waals surface area contributed by atoms with Gasteiger partial charge in [-0.25, -0.2) is 18.0 Å². The quantitative estimate of drug-likeness (QED) is 0.444. The van der Waals surface area contributed by atoms with Gasteiger partial charge in [-0.15, -0.1) is 0 Å². The summed E-state index contributed by atoms with van der Waals surface area (Å²) in [5.41, 5.74) is 4.92. The lowest BCUT2D eigenvalue weighted by molar-refractivity contribution is -0.139. The van der Waals surface area contributed by atoms with E-state index in [0.29, 0.717) is 6.42 Å². The van der Waals surface area contributed by atoms with Crippen LogP contribution in [0.25, 0.3) is 0 Å². The smallest absolute Gasteiger partial charge is 0.326 e. The summed E-state index contributed by atoms with van der Waals surface area (Å²) in [5, 5.41) is 13.6. The minimum Gasteiger partial charge on any atom is -0.480 e. The summed E-state index contributed by atoms with van der Waals surface area (Å²) < 4.78 is 22.5. The summed E-state index contributed by atoms with van der Waals surface area (Å²) in [7, 11) is -3.02. The van der Waals surface area contributed by atoms with Crippen molar-refractivity contribution in [1.82, 2.24) is 10.6 Å². The lowest BCUT2D eigenvalue weighted by Crippen LogP contribution is -2.47. The summed E-state index contributed by atoms with van der Waals surface area (Å²) in [4.78, 5) is 33.1. The first-order valence-corrected chi connectivity index (χ1v) is 8.27. The Hall–Kier alpha value is -1.84. The molecule has 2 atom stereocenters. The van der Waals surface area contributed by atoms with E-state index in [4.69, 9.17) is 10.8 Å². The molecule has 0 bridgehead atoms. The van der Waals surface area contributed by atoms with Gasteiger partial charge in [-0.3, -0.25) is 4.79 Å². The van der Waals surface area contributed by atoms with Gasteiger partial charge in [-0.2, -0.15) is 0 Å². The molecule has 10 heteroatoms. The first-order chi connectivity index (χ1) is 9.69. The van der Waals surface area contributed by atoms with Gasteiger partial charge < -0.3 is 21.5 Å². The fourth-order valence-corrected chi connectivity index (χ4v) is 3.89. The molecule has 21 heavy (non-hydrogen) atoms. The summed E-state index contributed by atoms with van der Waals surface area (Å²) in [5.74, 6) is -1.95. The van der Waals surface area contributed by atoms with Crippen molar-refractivity contribution in [2.75, 3.05) is 18.1 Å². The Morgan fingerprint density at radius 2 is 2.00 bits per heavy atom. The highest BCUT2D eigenvalue weighted by molar-refractivity contribution is 7.91. The van der Waals surface area contributed by atoms with Crippen LogP contribution in [-0.2, 0) is 19.4 Å². The molecule has 1 fully saturated rings. The molecule has 0 spiro atoms. The van der Waals surface area contributed by atoms with Gasteiger partial charge in [0, 0.05) is 13.0 Å². The Morgan fingerprint density at radius 3 is 2.48 bits per heavy atom. The van der Waals surface area contributed by atoms with E-state index in [1.165, 1.54) is 0 Å². The monoisotopic (exact) mass is 321 g/mol. The fourth-order valence-electron chi connectivity index (χ4n) is 2.02. The number of nitrogens with one attached hydrogen (secondary N) is 2. The maximum atomic E-state index is 11.6. The van der Waals surface area contributed by atoms with Gasteiger partial charge in [-0.05, 0) is 18.8 Å². The number of sulfone groups is 1. The maximum Gasteiger partial charge on any atom is 0.326 e. The molecule has 2 unspecified atom stereocenters. The molecule has 9 nitrogen and oxygen atoms in total. The number of carbonyl (C=O) groups is 3. The number of carboxylic acids is 1. The molecule has 0 saturated carbocycles. The number of carbonyl (C=O) groups excluding carboxylic acids is 2. The van der Waals surface area contributed by atoms with Crippen molar-refractivity contribution in [1.29, 1.82) is 0 Å². The zero-order chi connectivity index (χ0) is 16.0. The van der Waals surface area contributed by atoms with Crippen molar-refractivity contribution < 1.29 is 27.9 Å². The predicted octanol–water partition coefficient (Wildman–Crippen LogP) is -1.56. The molecule has 1 aliphatic heterocycles. The second-order valence-electron chi connectivity index (χ2n) is 5.02. The average Bonchev–Trinajstić information content (AvgIpc) is 2.71. The number of urea groups is 1. The van der Waals surface area contributed by atoms with E-state index in [1.807, 2.05) is 0 Å². The topological polar surface area (TPSA) is 156 Å². The third kappa shape index (κ3) is 6.43. The summed E-state index contributed by atoms with van der Waals surface area (Å²) in [6.45, 7) is 0.160. The molecule has 0 aromatic heterocycles. The standard InChI is InChI=1S/C11H19N3O6S/c12-9(15)2-1-8(10(16)17)14-11(18)13-5-7-3-4-21(19,20)6-7/h7-8H,1-6H2,(H2,12,15)(H,16,17)(H2,13,14,18). The molecule has 120 valence electrons. The minimum atomic E-state index is -3.02. The number of hydrogen-bond acceptors (Lipinski definition) is 5. The van der Waals surface area contributed by atoms with Crippen LogP contribution in [0.15, 0.2) is 0 Å².